The van der Waals surface area contributed by atoms with Gasteiger partial charge in [-0.15, -0.1) is 0 Å². The van der Waals surface area contributed by atoms with Crippen molar-refractivity contribution in [2.45, 2.75) is 24.1 Å². The third kappa shape index (κ3) is 2.99. The molecule has 18 heavy (non-hydrogen) atoms. The highest BCUT2D eigenvalue weighted by atomic mass is 32.2. The van der Waals surface area contributed by atoms with Crippen LogP contribution in [0.4, 0.5) is 0 Å². The molecule has 2 unspecified atom stereocenters. The van der Waals surface area contributed by atoms with Gasteiger partial charge in [0, 0.05) is 25.0 Å². The first kappa shape index (κ1) is 13.7. The summed E-state index contributed by atoms with van der Waals surface area (Å²) in [6, 6.07) is 6.37. The van der Waals surface area contributed by atoms with Gasteiger partial charge in [-0.25, -0.2) is 0 Å². The summed E-state index contributed by atoms with van der Waals surface area (Å²) in [6.07, 6.45) is 2.15. The topological polar surface area (TPSA) is 44.5 Å². The van der Waals surface area contributed by atoms with Crippen LogP contribution >= 0.6 is 11.8 Å². The molecule has 1 aliphatic rings. The van der Waals surface area contributed by atoms with Gasteiger partial charge in [-0.3, -0.25) is 0 Å². The molecular formula is C14H21NO2S. The highest BCUT2D eigenvalue weighted by Crippen LogP contribution is 2.38. The van der Waals surface area contributed by atoms with Crippen LogP contribution in [0.5, 0.6) is 5.75 Å². The van der Waals surface area contributed by atoms with Crippen LogP contribution in [0.3, 0.4) is 0 Å². The van der Waals surface area contributed by atoms with Gasteiger partial charge >= 0.3 is 0 Å². The van der Waals surface area contributed by atoms with Crippen molar-refractivity contribution in [1.82, 2.24) is 0 Å². The minimum absolute atomic E-state index is 0.127. The monoisotopic (exact) mass is 267 g/mol. The maximum Gasteiger partial charge on any atom is 0.119 e. The van der Waals surface area contributed by atoms with E-state index in [1.54, 1.807) is 14.2 Å². The Labute approximate surface area is 113 Å². The molecule has 0 heterocycles. The molecule has 1 aromatic rings. The maximum absolute atomic E-state index is 6.32. The van der Waals surface area contributed by atoms with Crippen molar-refractivity contribution in [2.75, 3.05) is 26.6 Å². The second kappa shape index (κ2) is 6.45. The van der Waals surface area contributed by atoms with E-state index in [9.17, 15) is 0 Å². The SMILES string of the molecule is COCCCSC1Cc2ccc(OC)cc2C1N. The van der Waals surface area contributed by atoms with Gasteiger partial charge in [-0.05, 0) is 41.9 Å². The minimum atomic E-state index is 0.127. The van der Waals surface area contributed by atoms with Gasteiger partial charge in [0.15, 0.2) is 0 Å². The van der Waals surface area contributed by atoms with E-state index in [1.807, 2.05) is 17.8 Å². The van der Waals surface area contributed by atoms with Crippen LogP contribution < -0.4 is 10.5 Å². The maximum atomic E-state index is 6.32. The van der Waals surface area contributed by atoms with Crippen molar-refractivity contribution in [3.05, 3.63) is 29.3 Å². The fraction of sp³-hybridized carbons (Fsp3) is 0.571. The summed E-state index contributed by atoms with van der Waals surface area (Å²) in [4.78, 5) is 0. The van der Waals surface area contributed by atoms with Gasteiger partial charge in [-0.2, -0.15) is 11.8 Å². The lowest BCUT2D eigenvalue weighted by atomic mass is 10.1. The zero-order chi connectivity index (χ0) is 13.0. The van der Waals surface area contributed by atoms with Crippen LogP contribution in [0.15, 0.2) is 18.2 Å². The first-order chi connectivity index (χ1) is 8.76. The summed E-state index contributed by atoms with van der Waals surface area (Å²) in [5.41, 5.74) is 8.94. The van der Waals surface area contributed by atoms with Gasteiger partial charge < -0.3 is 15.2 Å². The summed E-state index contributed by atoms with van der Waals surface area (Å²) < 4.78 is 10.3. The van der Waals surface area contributed by atoms with Crippen LogP contribution in [0, 0.1) is 0 Å². The Hall–Kier alpha value is -0.710. The number of rotatable bonds is 6. The number of methoxy groups -OCH3 is 2. The third-order valence-corrected chi connectivity index (χ3v) is 4.77. The Kier molecular flexibility index (Phi) is 4.92. The molecule has 0 amide bonds. The number of fused-ring (bicyclic) bond motifs is 1. The number of thioether (sulfide) groups is 1. The molecular weight excluding hydrogens is 246 g/mol. The van der Waals surface area contributed by atoms with Crippen molar-refractivity contribution >= 4 is 11.8 Å². The zero-order valence-electron chi connectivity index (χ0n) is 11.0. The fourth-order valence-corrected chi connectivity index (χ4v) is 3.58. The van der Waals surface area contributed by atoms with Gasteiger partial charge in [0.2, 0.25) is 0 Å². The predicted octanol–water partition coefficient (Wildman–Crippen LogP) is 2.39. The van der Waals surface area contributed by atoms with Gasteiger partial charge in [-0.1, -0.05) is 6.07 Å². The number of benzene rings is 1. The van der Waals surface area contributed by atoms with Crippen LogP contribution in [-0.2, 0) is 11.2 Å². The molecule has 0 spiro atoms. The van der Waals surface area contributed by atoms with E-state index in [4.69, 9.17) is 15.2 Å². The van der Waals surface area contributed by atoms with Gasteiger partial charge in [0.25, 0.3) is 0 Å². The Morgan fingerprint density at radius 2 is 2.22 bits per heavy atom. The normalized spacial score (nSPS) is 21.9. The van der Waals surface area contributed by atoms with E-state index in [0.29, 0.717) is 5.25 Å². The Morgan fingerprint density at radius 1 is 1.39 bits per heavy atom. The van der Waals surface area contributed by atoms with Gasteiger partial charge in [0.1, 0.15) is 5.75 Å². The van der Waals surface area contributed by atoms with E-state index in [0.717, 1.165) is 31.0 Å². The molecule has 3 nitrogen and oxygen atoms in total. The van der Waals surface area contributed by atoms with Crippen molar-refractivity contribution in [1.29, 1.82) is 0 Å². The average Bonchev–Trinajstić information content (AvgIpc) is 2.71. The molecule has 1 aliphatic carbocycles. The smallest absolute Gasteiger partial charge is 0.119 e. The molecule has 2 rings (SSSR count). The quantitative estimate of drug-likeness (QED) is 0.804. The van der Waals surface area contributed by atoms with Crippen LogP contribution in [0.25, 0.3) is 0 Å². The largest absolute Gasteiger partial charge is 0.497 e. The number of hydrogen-bond donors (Lipinski definition) is 1. The van der Waals surface area contributed by atoms with Crippen LogP contribution in [-0.4, -0.2) is 31.8 Å². The molecule has 0 aromatic heterocycles. The first-order valence-electron chi connectivity index (χ1n) is 6.29. The average molecular weight is 267 g/mol. The highest BCUT2D eigenvalue weighted by Gasteiger charge is 2.30. The Bertz CT molecular complexity index is 397. The van der Waals surface area contributed by atoms with Crippen LogP contribution in [0.2, 0.25) is 0 Å². The minimum Gasteiger partial charge on any atom is -0.497 e. The molecule has 100 valence electrons. The predicted molar refractivity (Wildman–Crippen MR) is 76.4 cm³/mol. The van der Waals surface area contributed by atoms with E-state index >= 15 is 0 Å². The summed E-state index contributed by atoms with van der Waals surface area (Å²) in [5, 5.41) is 0.490. The standard InChI is InChI=1S/C14H21NO2S/c1-16-6-3-7-18-13-8-10-4-5-11(17-2)9-12(10)14(13)15/h4-5,9,13-14H,3,6-8,15H2,1-2H3. The molecule has 2 atom stereocenters. The molecule has 1 aromatic carbocycles. The molecule has 0 saturated heterocycles. The van der Waals surface area contributed by atoms with Crippen molar-refractivity contribution in [3.8, 4) is 5.75 Å². The van der Waals surface area contributed by atoms with E-state index in [2.05, 4.69) is 12.1 Å². The Balaban J connectivity index is 1.95. The summed E-state index contributed by atoms with van der Waals surface area (Å²) >= 11 is 1.96. The van der Waals surface area contributed by atoms with Gasteiger partial charge in [0.05, 0.1) is 7.11 Å². The third-order valence-electron chi connectivity index (χ3n) is 3.36. The Morgan fingerprint density at radius 3 is 2.94 bits per heavy atom. The molecule has 0 radical (unpaired) electrons. The number of ether oxygens (including phenoxy) is 2. The van der Waals surface area contributed by atoms with E-state index in [-0.39, 0.29) is 6.04 Å². The molecule has 0 saturated carbocycles. The lowest BCUT2D eigenvalue weighted by molar-refractivity contribution is 0.200. The fourth-order valence-electron chi connectivity index (χ4n) is 2.34. The van der Waals surface area contributed by atoms with E-state index < -0.39 is 0 Å². The van der Waals surface area contributed by atoms with Crippen molar-refractivity contribution < 1.29 is 9.47 Å². The molecule has 2 N–H and O–H groups in total. The summed E-state index contributed by atoms with van der Waals surface area (Å²) in [6.45, 7) is 0.829. The molecule has 0 aliphatic heterocycles. The van der Waals surface area contributed by atoms with Crippen LogP contribution in [0.1, 0.15) is 23.6 Å². The highest BCUT2D eigenvalue weighted by molar-refractivity contribution is 7.99. The first-order valence-corrected chi connectivity index (χ1v) is 7.34. The molecule has 0 bridgehead atoms. The number of nitrogens with two attached hydrogens (primary N) is 1. The second-order valence-electron chi connectivity index (χ2n) is 4.55. The van der Waals surface area contributed by atoms with E-state index in [1.165, 1.54) is 11.1 Å². The molecule has 0 fully saturated rings. The van der Waals surface area contributed by atoms with Crippen molar-refractivity contribution in [3.63, 3.8) is 0 Å². The summed E-state index contributed by atoms with van der Waals surface area (Å²) in [5.74, 6) is 2.01. The second-order valence-corrected chi connectivity index (χ2v) is 5.90. The summed E-state index contributed by atoms with van der Waals surface area (Å²) in [7, 11) is 3.44. The lowest BCUT2D eigenvalue weighted by Crippen LogP contribution is -2.19. The molecule has 4 heteroatoms. The lowest BCUT2D eigenvalue weighted by Gasteiger charge is -2.15. The zero-order valence-corrected chi connectivity index (χ0v) is 11.8. The van der Waals surface area contributed by atoms with Crippen molar-refractivity contribution in [2.24, 2.45) is 5.73 Å². The number of hydrogen-bond acceptors (Lipinski definition) is 4.